The number of benzene rings is 2. The van der Waals surface area contributed by atoms with Gasteiger partial charge >= 0.3 is 0 Å². The lowest BCUT2D eigenvalue weighted by Gasteiger charge is -2.25. The molecule has 0 aliphatic carbocycles. The molecule has 0 saturated carbocycles. The molecule has 1 fully saturated rings. The van der Waals surface area contributed by atoms with E-state index in [0.29, 0.717) is 24.3 Å². The van der Waals surface area contributed by atoms with Crippen LogP contribution in [0, 0.1) is 5.82 Å². The van der Waals surface area contributed by atoms with E-state index in [0.717, 1.165) is 0 Å². The molecule has 8 heteroatoms. The Labute approximate surface area is 191 Å². The largest absolute Gasteiger partial charge is 0.507 e. The molecule has 32 heavy (non-hydrogen) atoms. The molecule has 1 N–H and O–H groups in total. The van der Waals surface area contributed by atoms with Gasteiger partial charge < -0.3 is 19.5 Å². The molecule has 1 heterocycles. The first-order valence-corrected chi connectivity index (χ1v) is 10.6. The highest BCUT2D eigenvalue weighted by Crippen LogP contribution is 2.40. The zero-order valence-corrected chi connectivity index (χ0v) is 18.9. The van der Waals surface area contributed by atoms with Crippen molar-refractivity contribution in [2.24, 2.45) is 0 Å². The van der Waals surface area contributed by atoms with E-state index in [4.69, 9.17) is 21.1 Å². The number of methoxy groups -OCH3 is 1. The van der Waals surface area contributed by atoms with Crippen molar-refractivity contribution in [2.45, 2.75) is 32.4 Å². The fourth-order valence-electron chi connectivity index (χ4n) is 3.63. The van der Waals surface area contributed by atoms with E-state index < -0.39 is 23.5 Å². The average Bonchev–Trinajstić information content (AvgIpc) is 3.01. The van der Waals surface area contributed by atoms with Gasteiger partial charge in [-0.25, -0.2) is 4.39 Å². The van der Waals surface area contributed by atoms with Gasteiger partial charge in [0.25, 0.3) is 11.7 Å². The Kier molecular flexibility index (Phi) is 7.53. The smallest absolute Gasteiger partial charge is 0.295 e. The van der Waals surface area contributed by atoms with Gasteiger partial charge in [0, 0.05) is 18.7 Å². The van der Waals surface area contributed by atoms with E-state index in [9.17, 15) is 19.1 Å². The van der Waals surface area contributed by atoms with Crippen LogP contribution in [-0.2, 0) is 14.3 Å². The van der Waals surface area contributed by atoms with Gasteiger partial charge in [-0.1, -0.05) is 23.7 Å². The SMILES string of the molecule is COc1ccc(/C(O)=C2/C(=O)C(=O)N(CCCOC(C)C)C2c2ccc(F)cc2)cc1Cl. The number of halogens is 2. The highest BCUT2D eigenvalue weighted by molar-refractivity contribution is 6.46. The lowest BCUT2D eigenvalue weighted by Crippen LogP contribution is -2.31. The summed E-state index contributed by atoms with van der Waals surface area (Å²) in [5, 5.41) is 11.3. The molecule has 2 aromatic rings. The van der Waals surface area contributed by atoms with Gasteiger partial charge in [-0.15, -0.1) is 0 Å². The van der Waals surface area contributed by atoms with Gasteiger partial charge in [-0.3, -0.25) is 9.59 Å². The summed E-state index contributed by atoms with van der Waals surface area (Å²) in [4.78, 5) is 27.2. The standard InChI is InChI=1S/C24H25ClFNO5/c1-14(2)32-12-4-11-27-21(15-5-8-17(26)9-6-15)20(23(29)24(27)30)22(28)16-7-10-19(31-3)18(25)13-16/h5-10,13-14,21,28H,4,11-12H2,1-3H3/b22-20-. The molecule has 1 amide bonds. The van der Waals surface area contributed by atoms with Gasteiger partial charge in [0.1, 0.15) is 17.3 Å². The maximum Gasteiger partial charge on any atom is 0.295 e. The van der Waals surface area contributed by atoms with Crippen LogP contribution in [0.3, 0.4) is 0 Å². The first-order valence-electron chi connectivity index (χ1n) is 10.2. The maximum absolute atomic E-state index is 13.5. The number of hydrogen-bond donors (Lipinski definition) is 1. The van der Waals surface area contributed by atoms with Crippen molar-refractivity contribution in [1.82, 2.24) is 4.90 Å². The van der Waals surface area contributed by atoms with Gasteiger partial charge in [0.15, 0.2) is 0 Å². The van der Waals surface area contributed by atoms with E-state index in [2.05, 4.69) is 0 Å². The summed E-state index contributed by atoms with van der Waals surface area (Å²) in [6, 6.07) is 9.20. The number of aliphatic hydroxyl groups is 1. The van der Waals surface area contributed by atoms with E-state index in [1.807, 2.05) is 13.8 Å². The number of likely N-dealkylation sites (tertiary alicyclic amines) is 1. The lowest BCUT2D eigenvalue weighted by atomic mass is 9.95. The normalized spacial score (nSPS) is 17.9. The van der Waals surface area contributed by atoms with Gasteiger partial charge in [-0.05, 0) is 56.2 Å². The molecule has 1 atom stereocenters. The van der Waals surface area contributed by atoms with Crippen LogP contribution in [0.2, 0.25) is 5.02 Å². The first-order chi connectivity index (χ1) is 15.2. The van der Waals surface area contributed by atoms with Crippen molar-refractivity contribution in [2.75, 3.05) is 20.3 Å². The number of amides is 1. The molecular weight excluding hydrogens is 437 g/mol. The minimum Gasteiger partial charge on any atom is -0.507 e. The molecule has 1 unspecified atom stereocenters. The number of nitrogens with zero attached hydrogens (tertiary/aromatic N) is 1. The Morgan fingerprint density at radius 3 is 2.47 bits per heavy atom. The Bertz CT molecular complexity index is 1040. The average molecular weight is 462 g/mol. The molecule has 0 aromatic heterocycles. The van der Waals surface area contributed by atoms with Gasteiger partial charge in [-0.2, -0.15) is 0 Å². The molecule has 0 bridgehead atoms. The van der Waals surface area contributed by atoms with Crippen LogP contribution in [-0.4, -0.2) is 48.1 Å². The summed E-state index contributed by atoms with van der Waals surface area (Å²) < 4.78 is 24.2. The Hall–Kier alpha value is -2.90. The zero-order valence-electron chi connectivity index (χ0n) is 18.1. The molecule has 0 spiro atoms. The van der Waals surface area contributed by atoms with E-state index in [-0.39, 0.29) is 34.6 Å². The third-order valence-electron chi connectivity index (χ3n) is 5.15. The summed E-state index contributed by atoms with van der Waals surface area (Å²) in [5.41, 5.74) is 0.702. The number of carbonyl (C=O) groups excluding carboxylic acids is 2. The number of rotatable bonds is 8. The zero-order chi connectivity index (χ0) is 23.4. The Balaban J connectivity index is 2.04. The Morgan fingerprint density at radius 2 is 1.88 bits per heavy atom. The quantitative estimate of drug-likeness (QED) is 0.266. The van der Waals surface area contributed by atoms with Crippen molar-refractivity contribution in [3.8, 4) is 5.75 Å². The van der Waals surface area contributed by atoms with Crippen molar-refractivity contribution in [3.63, 3.8) is 0 Å². The number of Topliss-reactive ketones (excluding diaryl/α,β-unsaturated/α-hetero) is 1. The minimum absolute atomic E-state index is 0.0399. The topological polar surface area (TPSA) is 76.1 Å². The van der Waals surface area contributed by atoms with Crippen LogP contribution in [0.4, 0.5) is 4.39 Å². The van der Waals surface area contributed by atoms with Crippen molar-refractivity contribution in [1.29, 1.82) is 0 Å². The van der Waals surface area contributed by atoms with E-state index in [1.165, 1.54) is 42.3 Å². The first kappa shape index (κ1) is 23.8. The second kappa shape index (κ2) is 10.1. The summed E-state index contributed by atoms with van der Waals surface area (Å²) in [6.07, 6.45) is 0.537. The number of ketones is 1. The number of ether oxygens (including phenoxy) is 2. The van der Waals surface area contributed by atoms with Crippen LogP contribution < -0.4 is 4.74 Å². The third-order valence-corrected chi connectivity index (χ3v) is 5.44. The molecular formula is C24H25ClFNO5. The Morgan fingerprint density at radius 1 is 1.19 bits per heavy atom. The summed E-state index contributed by atoms with van der Waals surface area (Å²) in [6.45, 7) is 4.46. The van der Waals surface area contributed by atoms with Crippen molar-refractivity contribution < 1.29 is 28.6 Å². The highest BCUT2D eigenvalue weighted by Gasteiger charge is 2.45. The number of carbonyl (C=O) groups is 2. The third kappa shape index (κ3) is 4.95. The van der Waals surface area contributed by atoms with Crippen LogP contribution in [0.25, 0.3) is 5.76 Å². The maximum atomic E-state index is 13.5. The molecule has 0 radical (unpaired) electrons. The molecule has 1 aliphatic rings. The fraction of sp³-hybridized carbons (Fsp3) is 0.333. The molecule has 2 aromatic carbocycles. The second-order valence-corrected chi connectivity index (χ2v) is 8.07. The van der Waals surface area contributed by atoms with Crippen LogP contribution in [0.1, 0.15) is 37.4 Å². The molecule has 6 nitrogen and oxygen atoms in total. The molecule has 3 rings (SSSR count). The molecule has 170 valence electrons. The van der Waals surface area contributed by atoms with Crippen molar-refractivity contribution >= 4 is 29.1 Å². The monoisotopic (exact) mass is 461 g/mol. The fourth-order valence-corrected chi connectivity index (χ4v) is 3.88. The predicted octanol–water partition coefficient (Wildman–Crippen LogP) is 4.72. The van der Waals surface area contributed by atoms with E-state index >= 15 is 0 Å². The molecule has 1 saturated heterocycles. The molecule has 1 aliphatic heterocycles. The van der Waals surface area contributed by atoms with Crippen LogP contribution >= 0.6 is 11.6 Å². The van der Waals surface area contributed by atoms with Gasteiger partial charge in [0.2, 0.25) is 0 Å². The number of aliphatic hydroxyl groups excluding tert-OH is 1. The highest BCUT2D eigenvalue weighted by atomic mass is 35.5. The van der Waals surface area contributed by atoms with Crippen molar-refractivity contribution in [3.05, 3.63) is 70.0 Å². The van der Waals surface area contributed by atoms with Gasteiger partial charge in [0.05, 0.1) is 29.9 Å². The summed E-state index contributed by atoms with van der Waals surface area (Å²) in [5.74, 6) is -1.94. The van der Waals surface area contributed by atoms with Crippen LogP contribution in [0.5, 0.6) is 5.75 Å². The predicted molar refractivity (Wildman–Crippen MR) is 119 cm³/mol. The summed E-state index contributed by atoms with van der Waals surface area (Å²) in [7, 11) is 1.46. The van der Waals surface area contributed by atoms with Crippen LogP contribution in [0.15, 0.2) is 48.0 Å². The summed E-state index contributed by atoms with van der Waals surface area (Å²) >= 11 is 6.18. The second-order valence-electron chi connectivity index (χ2n) is 7.67. The minimum atomic E-state index is -0.865. The number of hydrogen-bond acceptors (Lipinski definition) is 5. The van der Waals surface area contributed by atoms with E-state index in [1.54, 1.807) is 12.1 Å². The lowest BCUT2D eigenvalue weighted by molar-refractivity contribution is -0.140.